The van der Waals surface area contributed by atoms with Crippen LogP contribution in [-0.4, -0.2) is 42.4 Å². The van der Waals surface area contributed by atoms with Gasteiger partial charge in [0.25, 0.3) is 0 Å². The lowest BCUT2D eigenvalue weighted by atomic mass is 9.98. The number of hydrogen-bond donors (Lipinski definition) is 0. The van der Waals surface area contributed by atoms with E-state index in [0.717, 1.165) is 31.1 Å². The van der Waals surface area contributed by atoms with Crippen LogP contribution < -0.4 is 0 Å². The lowest BCUT2D eigenvalue weighted by Gasteiger charge is -2.28. The van der Waals surface area contributed by atoms with Gasteiger partial charge in [-0.3, -0.25) is 4.79 Å². The SMILES string of the molecule is CN1C(=O)C(CN2CCCCC2)CC1c1ccc(Cl)cc1. The molecule has 2 aliphatic rings. The molecule has 2 aliphatic heterocycles. The maximum Gasteiger partial charge on any atom is 0.227 e. The summed E-state index contributed by atoms with van der Waals surface area (Å²) in [6.07, 6.45) is 4.81. The topological polar surface area (TPSA) is 23.6 Å². The van der Waals surface area contributed by atoms with E-state index in [1.807, 2.05) is 36.2 Å². The number of benzene rings is 1. The average Bonchev–Trinajstić information content (AvgIpc) is 2.78. The number of likely N-dealkylation sites (tertiary alicyclic amines) is 2. The molecular weight excluding hydrogens is 284 g/mol. The number of halogens is 1. The summed E-state index contributed by atoms with van der Waals surface area (Å²) in [7, 11) is 1.93. The Bertz CT molecular complexity index is 496. The molecule has 3 nitrogen and oxygen atoms in total. The third kappa shape index (κ3) is 3.24. The van der Waals surface area contributed by atoms with Crippen LogP contribution in [0, 0.1) is 5.92 Å². The Labute approximate surface area is 131 Å². The van der Waals surface area contributed by atoms with Crippen molar-refractivity contribution in [3.8, 4) is 0 Å². The van der Waals surface area contributed by atoms with E-state index in [2.05, 4.69) is 4.90 Å². The highest BCUT2D eigenvalue weighted by molar-refractivity contribution is 6.30. The van der Waals surface area contributed by atoms with Crippen LogP contribution in [0.2, 0.25) is 5.02 Å². The first-order chi connectivity index (χ1) is 10.1. The van der Waals surface area contributed by atoms with Crippen LogP contribution in [0.25, 0.3) is 0 Å². The smallest absolute Gasteiger partial charge is 0.227 e. The molecule has 0 bridgehead atoms. The van der Waals surface area contributed by atoms with E-state index < -0.39 is 0 Å². The number of hydrogen-bond acceptors (Lipinski definition) is 2. The summed E-state index contributed by atoms with van der Waals surface area (Å²) >= 11 is 5.95. The molecule has 0 radical (unpaired) electrons. The summed E-state index contributed by atoms with van der Waals surface area (Å²) in [4.78, 5) is 16.9. The largest absolute Gasteiger partial charge is 0.338 e. The fraction of sp³-hybridized carbons (Fsp3) is 0.588. The lowest BCUT2D eigenvalue weighted by molar-refractivity contribution is -0.131. The van der Waals surface area contributed by atoms with Gasteiger partial charge in [0.05, 0.1) is 12.0 Å². The monoisotopic (exact) mass is 306 g/mol. The van der Waals surface area contributed by atoms with E-state index in [4.69, 9.17) is 11.6 Å². The molecule has 0 N–H and O–H groups in total. The van der Waals surface area contributed by atoms with E-state index in [1.165, 1.54) is 24.8 Å². The molecule has 114 valence electrons. The van der Waals surface area contributed by atoms with Crippen LogP contribution in [-0.2, 0) is 4.79 Å². The van der Waals surface area contributed by atoms with E-state index >= 15 is 0 Å². The second-order valence-electron chi connectivity index (χ2n) is 6.31. The van der Waals surface area contributed by atoms with E-state index in [0.29, 0.717) is 5.91 Å². The minimum Gasteiger partial charge on any atom is -0.338 e. The summed E-state index contributed by atoms with van der Waals surface area (Å²) in [6.45, 7) is 3.23. The summed E-state index contributed by atoms with van der Waals surface area (Å²) in [5.74, 6) is 0.439. The van der Waals surface area contributed by atoms with Gasteiger partial charge in [-0.2, -0.15) is 0 Å². The molecule has 2 atom stereocenters. The number of amides is 1. The quantitative estimate of drug-likeness (QED) is 0.855. The standard InChI is InChI=1S/C17H23ClN2O/c1-19-16(13-5-7-15(18)8-6-13)11-14(17(19)21)12-20-9-3-2-4-10-20/h5-8,14,16H,2-4,9-12H2,1H3. The van der Waals surface area contributed by atoms with Crippen LogP contribution in [0.15, 0.2) is 24.3 Å². The molecule has 2 saturated heterocycles. The predicted octanol–water partition coefficient (Wildman–Crippen LogP) is 3.35. The minimum absolute atomic E-state index is 0.147. The van der Waals surface area contributed by atoms with Crippen molar-refractivity contribution < 1.29 is 4.79 Å². The number of carbonyl (C=O) groups is 1. The molecular formula is C17H23ClN2O. The molecule has 0 saturated carbocycles. The maximum atomic E-state index is 12.5. The number of nitrogens with zero attached hydrogens (tertiary/aromatic N) is 2. The van der Waals surface area contributed by atoms with Gasteiger partial charge < -0.3 is 9.80 Å². The van der Waals surface area contributed by atoms with Crippen molar-refractivity contribution >= 4 is 17.5 Å². The maximum absolute atomic E-state index is 12.5. The fourth-order valence-corrected chi connectivity index (χ4v) is 3.75. The zero-order valence-electron chi connectivity index (χ0n) is 12.6. The first kappa shape index (κ1) is 14.9. The summed E-state index contributed by atoms with van der Waals surface area (Å²) in [5.41, 5.74) is 1.19. The van der Waals surface area contributed by atoms with Crippen LogP contribution >= 0.6 is 11.6 Å². The first-order valence-corrected chi connectivity index (χ1v) is 8.27. The first-order valence-electron chi connectivity index (χ1n) is 7.89. The molecule has 0 aliphatic carbocycles. The van der Waals surface area contributed by atoms with Crippen molar-refractivity contribution in [1.29, 1.82) is 0 Å². The van der Waals surface area contributed by atoms with Crippen molar-refractivity contribution in [2.45, 2.75) is 31.7 Å². The summed E-state index contributed by atoms with van der Waals surface area (Å²) in [5, 5.41) is 0.746. The Morgan fingerprint density at radius 3 is 2.48 bits per heavy atom. The predicted molar refractivity (Wildman–Crippen MR) is 85.4 cm³/mol. The summed E-state index contributed by atoms with van der Waals surface area (Å²) < 4.78 is 0. The number of rotatable bonds is 3. The second kappa shape index (κ2) is 6.37. The molecule has 2 fully saturated rings. The third-order valence-corrected chi connectivity index (χ3v) is 5.11. The molecule has 1 aromatic rings. The number of piperidine rings is 1. The van der Waals surface area contributed by atoms with E-state index in [9.17, 15) is 4.79 Å². The van der Waals surface area contributed by atoms with Crippen LogP contribution in [0.3, 0.4) is 0 Å². The van der Waals surface area contributed by atoms with Gasteiger partial charge in [0.2, 0.25) is 5.91 Å². The Balaban J connectivity index is 1.68. The molecule has 2 heterocycles. The molecule has 2 unspecified atom stereocenters. The minimum atomic E-state index is 0.147. The zero-order valence-corrected chi connectivity index (χ0v) is 13.4. The highest BCUT2D eigenvalue weighted by Crippen LogP contribution is 2.36. The van der Waals surface area contributed by atoms with Crippen LogP contribution in [0.1, 0.15) is 37.3 Å². The Kier molecular flexibility index (Phi) is 4.51. The Morgan fingerprint density at radius 2 is 1.81 bits per heavy atom. The summed E-state index contributed by atoms with van der Waals surface area (Å²) in [6, 6.07) is 8.10. The third-order valence-electron chi connectivity index (χ3n) is 4.85. The van der Waals surface area contributed by atoms with Crippen molar-refractivity contribution in [1.82, 2.24) is 9.80 Å². The number of carbonyl (C=O) groups excluding carboxylic acids is 1. The van der Waals surface area contributed by atoms with Gasteiger partial charge >= 0.3 is 0 Å². The van der Waals surface area contributed by atoms with Gasteiger partial charge in [-0.05, 0) is 50.0 Å². The highest BCUT2D eigenvalue weighted by atomic mass is 35.5. The molecule has 0 spiro atoms. The molecule has 3 rings (SSSR count). The van der Waals surface area contributed by atoms with Gasteiger partial charge in [-0.1, -0.05) is 30.2 Å². The molecule has 1 amide bonds. The van der Waals surface area contributed by atoms with Gasteiger partial charge in [0, 0.05) is 18.6 Å². The molecule has 21 heavy (non-hydrogen) atoms. The van der Waals surface area contributed by atoms with E-state index in [1.54, 1.807) is 0 Å². The van der Waals surface area contributed by atoms with Gasteiger partial charge in [-0.15, -0.1) is 0 Å². The van der Waals surface area contributed by atoms with Crippen molar-refractivity contribution in [3.63, 3.8) is 0 Å². The van der Waals surface area contributed by atoms with E-state index in [-0.39, 0.29) is 12.0 Å². The Hall–Kier alpha value is -1.06. The van der Waals surface area contributed by atoms with Crippen LogP contribution in [0.4, 0.5) is 0 Å². The highest BCUT2D eigenvalue weighted by Gasteiger charge is 2.38. The fourth-order valence-electron chi connectivity index (χ4n) is 3.62. The van der Waals surface area contributed by atoms with Crippen molar-refractivity contribution in [2.75, 3.05) is 26.7 Å². The molecule has 1 aromatic carbocycles. The van der Waals surface area contributed by atoms with Crippen molar-refractivity contribution in [2.24, 2.45) is 5.92 Å². The second-order valence-corrected chi connectivity index (χ2v) is 6.75. The molecule has 4 heteroatoms. The van der Waals surface area contributed by atoms with Gasteiger partial charge in [-0.25, -0.2) is 0 Å². The Morgan fingerprint density at radius 1 is 1.14 bits per heavy atom. The lowest BCUT2D eigenvalue weighted by Crippen LogP contribution is -2.36. The van der Waals surface area contributed by atoms with Gasteiger partial charge in [0.15, 0.2) is 0 Å². The van der Waals surface area contributed by atoms with Crippen LogP contribution in [0.5, 0.6) is 0 Å². The van der Waals surface area contributed by atoms with Gasteiger partial charge in [0.1, 0.15) is 0 Å². The molecule has 0 aromatic heterocycles. The zero-order chi connectivity index (χ0) is 14.8. The normalized spacial score (nSPS) is 27.3. The average molecular weight is 307 g/mol. The van der Waals surface area contributed by atoms with Crippen molar-refractivity contribution in [3.05, 3.63) is 34.9 Å².